The van der Waals surface area contributed by atoms with Crippen molar-refractivity contribution in [2.75, 3.05) is 13.7 Å². The fourth-order valence-electron chi connectivity index (χ4n) is 0.940. The second-order valence-electron chi connectivity index (χ2n) is 2.70. The van der Waals surface area contributed by atoms with Gasteiger partial charge in [0.25, 0.3) is 0 Å². The lowest BCUT2D eigenvalue weighted by Gasteiger charge is -1.97. The molecule has 1 rings (SSSR count). The molecule has 0 amide bonds. The summed E-state index contributed by atoms with van der Waals surface area (Å²) in [5.41, 5.74) is 0.767. The minimum absolute atomic E-state index is 0.587. The fourth-order valence-corrected chi connectivity index (χ4v) is 0.940. The first kappa shape index (κ1) is 10.5. The van der Waals surface area contributed by atoms with Crippen LogP contribution in [-0.2, 0) is 16.1 Å². The number of methoxy groups -OCH3 is 1. The van der Waals surface area contributed by atoms with Crippen molar-refractivity contribution in [2.45, 2.75) is 6.54 Å². The number of aliphatic carboxylic acids is 1. The second kappa shape index (κ2) is 5.18. The molecule has 0 radical (unpaired) electrons. The first-order valence-electron chi connectivity index (χ1n) is 4.15. The van der Waals surface area contributed by atoms with Gasteiger partial charge in [-0.25, -0.2) is 4.79 Å². The van der Waals surface area contributed by atoms with Gasteiger partial charge in [0.05, 0.1) is 19.3 Å². The van der Waals surface area contributed by atoms with Crippen molar-refractivity contribution in [3.63, 3.8) is 0 Å². The Kier molecular flexibility index (Phi) is 3.87. The standard InChI is InChI=1S/C9H12N2O3/c1-14-5-4-11-7-8(6-10-11)2-3-9(12)13/h2-3,6-7H,4-5H2,1H3,(H,12,13)/b3-2+. The van der Waals surface area contributed by atoms with E-state index in [9.17, 15) is 4.79 Å². The summed E-state index contributed by atoms with van der Waals surface area (Å²) >= 11 is 0. The van der Waals surface area contributed by atoms with Gasteiger partial charge in [0.1, 0.15) is 0 Å². The van der Waals surface area contributed by atoms with Crippen molar-refractivity contribution in [3.8, 4) is 0 Å². The van der Waals surface area contributed by atoms with E-state index in [-0.39, 0.29) is 0 Å². The zero-order chi connectivity index (χ0) is 10.4. The Hall–Kier alpha value is -1.62. The average Bonchev–Trinajstić information content (AvgIpc) is 2.59. The zero-order valence-electron chi connectivity index (χ0n) is 7.88. The topological polar surface area (TPSA) is 64.3 Å². The van der Waals surface area contributed by atoms with Crippen LogP contribution in [0.15, 0.2) is 18.5 Å². The van der Waals surface area contributed by atoms with Crippen LogP contribution in [0.4, 0.5) is 0 Å². The molecule has 0 aliphatic rings. The van der Waals surface area contributed by atoms with E-state index < -0.39 is 5.97 Å². The summed E-state index contributed by atoms with van der Waals surface area (Å²) in [5, 5.41) is 12.4. The summed E-state index contributed by atoms with van der Waals surface area (Å²) in [5.74, 6) is -0.963. The largest absolute Gasteiger partial charge is 0.478 e. The Morgan fingerprint density at radius 3 is 3.21 bits per heavy atom. The molecule has 0 spiro atoms. The third-order valence-electron chi connectivity index (χ3n) is 1.60. The second-order valence-corrected chi connectivity index (χ2v) is 2.70. The van der Waals surface area contributed by atoms with E-state index in [1.54, 1.807) is 24.2 Å². The van der Waals surface area contributed by atoms with E-state index in [0.717, 1.165) is 11.6 Å². The summed E-state index contributed by atoms with van der Waals surface area (Å²) in [6, 6.07) is 0. The summed E-state index contributed by atoms with van der Waals surface area (Å²) in [7, 11) is 1.62. The Bertz CT molecular complexity index is 331. The van der Waals surface area contributed by atoms with Crippen molar-refractivity contribution in [2.24, 2.45) is 0 Å². The third-order valence-corrected chi connectivity index (χ3v) is 1.60. The number of nitrogens with zero attached hydrogens (tertiary/aromatic N) is 2. The molecule has 1 N–H and O–H groups in total. The number of carboxylic acid groups (broad SMARTS) is 1. The number of carbonyl (C=O) groups is 1. The molecule has 0 atom stereocenters. The normalized spacial score (nSPS) is 10.9. The average molecular weight is 196 g/mol. The monoisotopic (exact) mass is 196 g/mol. The molecule has 0 fully saturated rings. The van der Waals surface area contributed by atoms with Crippen LogP contribution in [0.2, 0.25) is 0 Å². The molecule has 0 aliphatic carbocycles. The van der Waals surface area contributed by atoms with Crippen molar-refractivity contribution < 1.29 is 14.6 Å². The van der Waals surface area contributed by atoms with E-state index >= 15 is 0 Å². The van der Waals surface area contributed by atoms with Crippen molar-refractivity contribution in [3.05, 3.63) is 24.0 Å². The van der Waals surface area contributed by atoms with Gasteiger partial charge in [-0.05, 0) is 6.08 Å². The van der Waals surface area contributed by atoms with Crippen LogP contribution in [0.1, 0.15) is 5.56 Å². The van der Waals surface area contributed by atoms with Gasteiger partial charge >= 0.3 is 5.97 Å². The molecular weight excluding hydrogens is 184 g/mol. The molecule has 0 aromatic carbocycles. The quantitative estimate of drug-likeness (QED) is 0.701. The van der Waals surface area contributed by atoms with Crippen LogP contribution in [0, 0.1) is 0 Å². The molecule has 0 aliphatic heterocycles. The lowest BCUT2D eigenvalue weighted by Crippen LogP contribution is -2.03. The summed E-state index contributed by atoms with van der Waals surface area (Å²) in [6.07, 6.45) is 5.95. The number of hydrogen-bond donors (Lipinski definition) is 1. The van der Waals surface area contributed by atoms with Crippen LogP contribution in [0.5, 0.6) is 0 Å². The molecule has 1 heterocycles. The molecule has 0 saturated carbocycles. The predicted molar refractivity (Wildman–Crippen MR) is 50.8 cm³/mol. The highest BCUT2D eigenvalue weighted by atomic mass is 16.5. The van der Waals surface area contributed by atoms with Gasteiger partial charge in [-0.2, -0.15) is 5.10 Å². The fraction of sp³-hybridized carbons (Fsp3) is 0.333. The van der Waals surface area contributed by atoms with Gasteiger partial charge in [-0.1, -0.05) is 0 Å². The maximum absolute atomic E-state index is 10.2. The van der Waals surface area contributed by atoms with Crippen LogP contribution in [-0.4, -0.2) is 34.6 Å². The van der Waals surface area contributed by atoms with Gasteiger partial charge in [0.2, 0.25) is 0 Å². The number of aromatic nitrogens is 2. The van der Waals surface area contributed by atoms with E-state index in [4.69, 9.17) is 9.84 Å². The maximum atomic E-state index is 10.2. The van der Waals surface area contributed by atoms with Crippen LogP contribution < -0.4 is 0 Å². The summed E-state index contributed by atoms with van der Waals surface area (Å²) in [4.78, 5) is 10.2. The van der Waals surface area contributed by atoms with Gasteiger partial charge < -0.3 is 9.84 Å². The van der Waals surface area contributed by atoms with Gasteiger partial charge in [0, 0.05) is 24.9 Å². The van der Waals surface area contributed by atoms with Crippen LogP contribution in [0.3, 0.4) is 0 Å². The molecule has 14 heavy (non-hydrogen) atoms. The number of carboxylic acids is 1. The SMILES string of the molecule is COCCn1cc(/C=C/C(=O)O)cn1. The van der Waals surface area contributed by atoms with Crippen molar-refractivity contribution >= 4 is 12.0 Å². The molecule has 0 unspecified atom stereocenters. The van der Waals surface area contributed by atoms with E-state index in [1.165, 1.54) is 6.08 Å². The molecule has 5 heteroatoms. The van der Waals surface area contributed by atoms with E-state index in [0.29, 0.717) is 13.2 Å². The molecule has 1 aromatic heterocycles. The van der Waals surface area contributed by atoms with Gasteiger partial charge in [-0.15, -0.1) is 0 Å². The van der Waals surface area contributed by atoms with Gasteiger partial charge in [0.15, 0.2) is 0 Å². The smallest absolute Gasteiger partial charge is 0.328 e. The summed E-state index contributed by atoms with van der Waals surface area (Å²) in [6.45, 7) is 1.25. The van der Waals surface area contributed by atoms with Crippen LogP contribution >= 0.6 is 0 Å². The molecule has 5 nitrogen and oxygen atoms in total. The highest BCUT2D eigenvalue weighted by Gasteiger charge is 1.95. The molecule has 0 saturated heterocycles. The first-order chi connectivity index (χ1) is 6.72. The molecule has 1 aromatic rings. The number of ether oxygens (including phenoxy) is 1. The molecular formula is C9H12N2O3. The van der Waals surface area contributed by atoms with Crippen LogP contribution in [0.25, 0.3) is 6.08 Å². The maximum Gasteiger partial charge on any atom is 0.328 e. The Morgan fingerprint density at radius 2 is 2.57 bits per heavy atom. The lowest BCUT2D eigenvalue weighted by atomic mass is 10.3. The van der Waals surface area contributed by atoms with Gasteiger partial charge in [-0.3, -0.25) is 4.68 Å². The third kappa shape index (κ3) is 3.40. The molecule has 0 bridgehead atoms. The number of hydrogen-bond acceptors (Lipinski definition) is 3. The lowest BCUT2D eigenvalue weighted by molar-refractivity contribution is -0.131. The highest BCUT2D eigenvalue weighted by Crippen LogP contribution is 2.00. The summed E-state index contributed by atoms with van der Waals surface area (Å²) < 4.78 is 6.58. The number of rotatable bonds is 5. The Morgan fingerprint density at radius 1 is 1.79 bits per heavy atom. The Balaban J connectivity index is 2.54. The first-order valence-corrected chi connectivity index (χ1v) is 4.15. The minimum atomic E-state index is -0.963. The minimum Gasteiger partial charge on any atom is -0.478 e. The van der Waals surface area contributed by atoms with E-state index in [2.05, 4.69) is 5.10 Å². The predicted octanol–water partition coefficient (Wildman–Crippen LogP) is 0.627. The van der Waals surface area contributed by atoms with E-state index in [1.807, 2.05) is 0 Å². The molecule has 76 valence electrons. The van der Waals surface area contributed by atoms with Crippen molar-refractivity contribution in [1.82, 2.24) is 9.78 Å². The Labute approximate surface area is 81.6 Å². The van der Waals surface area contributed by atoms with Crippen molar-refractivity contribution in [1.29, 1.82) is 0 Å². The highest BCUT2D eigenvalue weighted by molar-refractivity contribution is 5.85. The zero-order valence-corrected chi connectivity index (χ0v) is 7.88.